The number of hydrogen-bond donors (Lipinski definition) is 0. The Morgan fingerprint density at radius 3 is 0.256 bits per heavy atom. The smallest absolute Gasteiger partial charge is 0.0832 e. The van der Waals surface area contributed by atoms with E-state index in [0.717, 1.165) is 0 Å². The van der Waals surface area contributed by atoms with Gasteiger partial charge in [0.1, 0.15) is 0 Å². The van der Waals surface area contributed by atoms with Crippen LogP contribution in [0.3, 0.4) is 0 Å². The van der Waals surface area contributed by atoms with Crippen LogP contribution in [0.1, 0.15) is 0 Å². The molecular weight excluding hydrogens is 1060 g/mol. The zero-order valence-electron chi connectivity index (χ0n) is 17.6. The molecule has 0 aromatic heterocycles. The van der Waals surface area contributed by atoms with Crippen LogP contribution in [0, 0.1) is 0 Å². The van der Waals surface area contributed by atoms with Crippen molar-refractivity contribution in [2.45, 2.75) is 0 Å². The van der Waals surface area contributed by atoms with E-state index < -0.39 is 39.1 Å². The number of rotatable bonds is 0. The Kier molecular flexibility index (Phi) is 125. The second kappa shape index (κ2) is 62.2. The van der Waals surface area contributed by atoms with Crippen LogP contribution < -0.4 is 73.4 Å². The minimum atomic E-state index is -5.39. The summed E-state index contributed by atoms with van der Waals surface area (Å²) in [6, 6.07) is 0. The van der Waals surface area contributed by atoms with Crippen molar-refractivity contribution in [3.8, 4) is 0 Å². The van der Waals surface area contributed by atoms with E-state index in [1.165, 1.54) is 0 Å². The molecule has 0 aliphatic rings. The third-order valence-electron chi connectivity index (χ3n) is 0. The molecule has 0 unspecified atom stereocenters. The Morgan fingerprint density at radius 2 is 0.256 bits per heavy atom. The molecule has 0 spiro atoms. The first kappa shape index (κ1) is 86.6. The zero-order chi connectivity index (χ0) is 36.0. The minimum absolute atomic E-state index is 0. The Bertz CT molecular complexity index is 475. The van der Waals surface area contributed by atoms with Crippen molar-refractivity contribution in [1.82, 2.24) is 0 Å². The van der Waals surface area contributed by atoms with E-state index in [0.29, 0.717) is 0 Å². The second-order valence-corrected chi connectivity index (χ2v) is 9.33. The normalized spacial score (nSPS) is 8.95. The van der Waals surface area contributed by atoms with E-state index in [-0.39, 0.29) is 55.7 Å². The number of phosphoric acid groups is 5. The summed E-state index contributed by atoms with van der Waals surface area (Å²) >= 11 is 42.6. The molecule has 0 aliphatic heterocycles. The zero-order valence-corrected chi connectivity index (χ0v) is 33.8. The van der Waals surface area contributed by atoms with Crippen molar-refractivity contribution < 1.29 is 171 Å². The first-order valence-corrected chi connectivity index (χ1v) is 15.6. The van der Waals surface area contributed by atoms with Gasteiger partial charge in [0, 0.05) is 55.7 Å². The van der Waals surface area contributed by atoms with Gasteiger partial charge in [0.15, 0.2) is 0 Å². The van der Waals surface area contributed by atoms with E-state index in [1.54, 1.807) is 0 Å². The van der Waals surface area contributed by atoms with Crippen molar-refractivity contribution >= 4 is 158 Å². The van der Waals surface area contributed by atoms with Crippen molar-refractivity contribution in [2.75, 3.05) is 0 Å². The monoisotopic (exact) mass is 1060 g/mol. The summed E-state index contributed by atoms with van der Waals surface area (Å²) in [5.41, 5.74) is 0. The van der Waals surface area contributed by atoms with E-state index in [9.17, 15) is 0 Å². The summed E-state index contributed by atoms with van der Waals surface area (Å²) < 4.78 is 58.7. The molecule has 3 radical (unpaired) electrons. The van der Waals surface area contributed by atoms with Crippen LogP contribution >= 0.6 is 158 Å². The first-order chi connectivity index (χ1) is 17.1. The SMILES string of the molecule is ClOCl.ClOCl.ClOCl.ClOCl.ClOCl.O=P([O-])([O-])[O-].O=P([O-])([O-])[O-].O=P([O-])([O-])[O-].O=P([O-])([O-])[O-].O=P([O-])([O-])[O-].[V].[V].[V]. The van der Waals surface area contributed by atoms with E-state index in [2.05, 4.69) is 138 Å². The van der Waals surface area contributed by atoms with Gasteiger partial charge in [-0.15, -0.1) is 0 Å². The molecule has 0 amide bonds. The van der Waals surface area contributed by atoms with Gasteiger partial charge in [-0.05, 0) is 0 Å². The van der Waals surface area contributed by atoms with Gasteiger partial charge < -0.3 is 96.2 Å². The molecule has 0 saturated heterocycles. The average Bonchev–Trinajstić information content (AvgIpc) is 2.49. The van der Waals surface area contributed by atoms with Crippen molar-refractivity contribution in [3.05, 3.63) is 0 Å². The fraction of sp³-hybridized carbons (Fsp3) is 0. The van der Waals surface area contributed by atoms with Crippen molar-refractivity contribution in [2.24, 2.45) is 0 Å². The topological polar surface area (TPSA) is 477 Å². The van der Waals surface area contributed by atoms with Gasteiger partial charge in [-0.3, -0.25) is 0 Å². The van der Waals surface area contributed by atoms with Gasteiger partial charge >= 0.3 is 0 Å². The van der Waals surface area contributed by atoms with E-state index in [4.69, 9.17) is 96.2 Å². The van der Waals surface area contributed by atoms with E-state index in [1.807, 2.05) is 0 Å². The van der Waals surface area contributed by atoms with Crippen LogP contribution in [-0.4, -0.2) is 0 Å². The van der Waals surface area contributed by atoms with Crippen molar-refractivity contribution in [1.29, 1.82) is 0 Å². The molecular formula is Cl10O25P5V3-15. The summed E-state index contributed by atoms with van der Waals surface area (Å²) in [4.78, 5) is 128. The van der Waals surface area contributed by atoms with Crippen LogP contribution in [0.4, 0.5) is 0 Å². The van der Waals surface area contributed by atoms with Crippen LogP contribution in [0.2, 0.25) is 0 Å². The summed E-state index contributed by atoms with van der Waals surface area (Å²) in [5.74, 6) is 0. The predicted octanol–water partition coefficient (Wildman–Crippen LogP) is -7.58. The molecule has 0 aliphatic carbocycles. The number of halogens is 10. The molecule has 43 heteroatoms. The fourth-order valence-corrected chi connectivity index (χ4v) is 0. The third kappa shape index (κ3) is 3800. The molecule has 0 aromatic carbocycles. The quantitative estimate of drug-likeness (QED) is 0.203. The molecule has 0 rings (SSSR count). The summed E-state index contributed by atoms with van der Waals surface area (Å²) in [7, 11) is -26.9. The maximum atomic E-state index is 8.55. The molecule has 25 nitrogen and oxygen atoms in total. The Balaban J connectivity index is -0.0000000212. The molecule has 0 aromatic rings. The van der Waals surface area contributed by atoms with Crippen LogP contribution in [0.5, 0.6) is 0 Å². The molecule has 0 fully saturated rings. The Hall–Kier alpha value is 5.00. The molecule has 0 bridgehead atoms. The van der Waals surface area contributed by atoms with Crippen LogP contribution in [0.25, 0.3) is 0 Å². The van der Waals surface area contributed by atoms with Gasteiger partial charge in [0.25, 0.3) is 0 Å². The Labute approximate surface area is 325 Å². The maximum absolute atomic E-state index is 8.55. The van der Waals surface area contributed by atoms with Gasteiger partial charge in [-0.2, -0.15) is 58.3 Å². The predicted molar refractivity (Wildman–Crippen MR) is 102 cm³/mol. The van der Waals surface area contributed by atoms with Gasteiger partial charge in [-0.25, -0.2) is 0 Å². The molecule has 0 atom stereocenters. The summed E-state index contributed by atoms with van der Waals surface area (Å²) in [6.45, 7) is 0. The summed E-state index contributed by atoms with van der Waals surface area (Å²) in [6.07, 6.45) is 0. The molecule has 275 valence electrons. The number of hydrogen-bond acceptors (Lipinski definition) is 25. The molecule has 0 N–H and O–H groups in total. The molecule has 0 saturated carbocycles. The molecule has 0 heterocycles. The minimum Gasteiger partial charge on any atom is -0.822 e. The van der Waals surface area contributed by atoms with Gasteiger partial charge in [0.2, 0.25) is 0 Å². The largest absolute Gasteiger partial charge is 0.822 e. The van der Waals surface area contributed by atoms with Crippen LogP contribution in [0.15, 0.2) is 0 Å². The molecule has 43 heavy (non-hydrogen) atoms. The van der Waals surface area contributed by atoms with Gasteiger partial charge in [-0.1, -0.05) is 0 Å². The third-order valence-corrected chi connectivity index (χ3v) is 0. The summed E-state index contributed by atoms with van der Waals surface area (Å²) in [5, 5.41) is 0. The average molecular weight is 1060 g/mol. The first-order valence-electron chi connectivity index (χ1n) is 5.19. The fourth-order valence-electron chi connectivity index (χ4n) is 0. The maximum Gasteiger partial charge on any atom is 0.0832 e. The standard InChI is InChI=1S/5Cl2O.5H3O4P.3V/c5*1-3-2;5*1-5(2,3)4;;;/h;;;;;5*(H3,1,2,3,4);;;/p-15. The Morgan fingerprint density at radius 1 is 0.256 bits per heavy atom. The van der Waals surface area contributed by atoms with Crippen LogP contribution in [-0.2, 0) is 97.7 Å². The van der Waals surface area contributed by atoms with Gasteiger partial charge in [0.05, 0.1) is 119 Å². The van der Waals surface area contributed by atoms with E-state index >= 15 is 0 Å². The van der Waals surface area contributed by atoms with Crippen molar-refractivity contribution in [3.63, 3.8) is 0 Å². The second-order valence-electron chi connectivity index (χ2n) is 2.53.